The summed E-state index contributed by atoms with van der Waals surface area (Å²) in [5, 5.41) is 0. The Hall–Kier alpha value is -1.85. The molecule has 2 bridgehead atoms. The predicted molar refractivity (Wildman–Crippen MR) is 62.8 cm³/mol. The highest BCUT2D eigenvalue weighted by molar-refractivity contribution is 5.93. The van der Waals surface area contributed by atoms with Crippen LogP contribution in [0, 0.1) is 17.8 Å². The molecule has 3 aliphatic rings. The Balaban J connectivity index is 2.55. The van der Waals surface area contributed by atoms with Crippen molar-refractivity contribution < 1.29 is 28.6 Å². The summed E-state index contributed by atoms with van der Waals surface area (Å²) in [7, 11) is 2.46. The van der Waals surface area contributed by atoms with Crippen LogP contribution in [0.1, 0.15) is 13.8 Å². The first-order chi connectivity index (χ1) is 8.85. The van der Waals surface area contributed by atoms with Crippen LogP contribution in [0.15, 0.2) is 11.6 Å². The molecule has 19 heavy (non-hydrogen) atoms. The number of ether oxygens (including phenoxy) is 3. The van der Waals surface area contributed by atoms with Crippen molar-refractivity contribution in [3.63, 3.8) is 0 Å². The van der Waals surface area contributed by atoms with Crippen molar-refractivity contribution in [3.8, 4) is 0 Å². The lowest BCUT2D eigenvalue weighted by Crippen LogP contribution is -2.61. The van der Waals surface area contributed by atoms with Crippen LogP contribution in [0.3, 0.4) is 0 Å². The van der Waals surface area contributed by atoms with Crippen molar-refractivity contribution in [3.05, 3.63) is 11.6 Å². The van der Waals surface area contributed by atoms with Crippen LogP contribution < -0.4 is 0 Å². The molecule has 6 heteroatoms. The minimum absolute atomic E-state index is 0.502. The summed E-state index contributed by atoms with van der Waals surface area (Å²) < 4.78 is 14.7. The number of carbonyl (C=O) groups excluding carboxylic acids is 3. The van der Waals surface area contributed by atoms with Gasteiger partial charge in [-0.25, -0.2) is 0 Å². The van der Waals surface area contributed by atoms with Crippen molar-refractivity contribution in [2.24, 2.45) is 17.8 Å². The average molecular weight is 268 g/mol. The van der Waals surface area contributed by atoms with Crippen molar-refractivity contribution >= 4 is 17.9 Å². The van der Waals surface area contributed by atoms with E-state index in [1.165, 1.54) is 14.2 Å². The van der Waals surface area contributed by atoms with Crippen molar-refractivity contribution in [1.82, 2.24) is 0 Å². The highest BCUT2D eigenvalue weighted by atomic mass is 16.6. The van der Waals surface area contributed by atoms with Crippen molar-refractivity contribution in [1.29, 1.82) is 0 Å². The second-order valence-corrected chi connectivity index (χ2v) is 5.02. The molecule has 0 radical (unpaired) electrons. The van der Waals surface area contributed by atoms with Gasteiger partial charge in [-0.3, -0.25) is 14.4 Å². The number of hydrogen-bond acceptors (Lipinski definition) is 6. The molecule has 0 aromatic carbocycles. The Morgan fingerprint density at radius 2 is 1.84 bits per heavy atom. The molecule has 0 spiro atoms. The molecule has 0 amide bonds. The molecule has 0 aromatic heterocycles. The van der Waals surface area contributed by atoms with E-state index in [4.69, 9.17) is 14.2 Å². The standard InChI is InChI=1S/C13H16O6/c1-6-5-13(2)9(12(16)18-4)8(10(14)17-3)7(6)11(15)19-13/h5,7-9H,1-4H3/t7-,8?,9?,13+/m0/s1. The van der Waals surface area contributed by atoms with E-state index in [-0.39, 0.29) is 0 Å². The van der Waals surface area contributed by atoms with E-state index >= 15 is 0 Å². The second kappa shape index (κ2) is 4.36. The van der Waals surface area contributed by atoms with Crippen LogP contribution in [0.4, 0.5) is 0 Å². The summed E-state index contributed by atoms with van der Waals surface area (Å²) in [5.41, 5.74) is -0.448. The quantitative estimate of drug-likeness (QED) is 0.411. The Bertz CT molecular complexity index is 480. The van der Waals surface area contributed by atoms with Gasteiger partial charge in [0.25, 0.3) is 0 Å². The monoisotopic (exact) mass is 268 g/mol. The Morgan fingerprint density at radius 1 is 1.26 bits per heavy atom. The second-order valence-electron chi connectivity index (χ2n) is 5.02. The van der Waals surface area contributed by atoms with Crippen LogP contribution in [0.5, 0.6) is 0 Å². The maximum absolute atomic E-state index is 12.0. The fourth-order valence-corrected chi connectivity index (χ4v) is 3.09. The maximum atomic E-state index is 12.0. The van der Waals surface area contributed by atoms with Gasteiger partial charge in [0.2, 0.25) is 0 Å². The van der Waals surface area contributed by atoms with Crippen LogP contribution >= 0.6 is 0 Å². The summed E-state index contributed by atoms with van der Waals surface area (Å²) in [5.74, 6) is -4.24. The molecule has 3 rings (SSSR count). The minimum Gasteiger partial charge on any atom is -0.469 e. The van der Waals surface area contributed by atoms with Crippen LogP contribution in [0.2, 0.25) is 0 Å². The largest absolute Gasteiger partial charge is 0.469 e. The third-order valence-corrected chi connectivity index (χ3v) is 3.84. The van der Waals surface area contributed by atoms with Gasteiger partial charge in [0.15, 0.2) is 0 Å². The van der Waals surface area contributed by atoms with Gasteiger partial charge in [-0.05, 0) is 19.9 Å². The van der Waals surface area contributed by atoms with Crippen molar-refractivity contribution in [2.75, 3.05) is 14.2 Å². The Labute approximate surface area is 110 Å². The summed E-state index contributed by atoms with van der Waals surface area (Å²) in [6.07, 6.45) is 1.71. The number of methoxy groups -OCH3 is 2. The topological polar surface area (TPSA) is 78.9 Å². The lowest BCUT2D eigenvalue weighted by Gasteiger charge is -2.48. The smallest absolute Gasteiger partial charge is 0.314 e. The number of hydrogen-bond donors (Lipinski definition) is 0. The highest BCUT2D eigenvalue weighted by Gasteiger charge is 2.62. The summed E-state index contributed by atoms with van der Waals surface area (Å²) in [6, 6.07) is 0. The van der Waals surface area contributed by atoms with Crippen molar-refractivity contribution in [2.45, 2.75) is 19.4 Å². The van der Waals surface area contributed by atoms with Gasteiger partial charge in [-0.1, -0.05) is 5.57 Å². The first-order valence-electron chi connectivity index (χ1n) is 5.93. The molecule has 104 valence electrons. The molecular weight excluding hydrogens is 252 g/mol. The molecule has 0 aromatic rings. The zero-order valence-electron chi connectivity index (χ0n) is 11.3. The van der Waals surface area contributed by atoms with Gasteiger partial charge in [0, 0.05) is 0 Å². The summed E-state index contributed by atoms with van der Waals surface area (Å²) in [6.45, 7) is 3.34. The summed E-state index contributed by atoms with van der Waals surface area (Å²) in [4.78, 5) is 35.8. The Kier molecular flexibility index (Phi) is 3.12. The normalized spacial score (nSPS) is 36.3. The average Bonchev–Trinajstić information content (AvgIpc) is 2.34. The fourth-order valence-electron chi connectivity index (χ4n) is 3.09. The molecule has 1 aliphatic carbocycles. The third-order valence-electron chi connectivity index (χ3n) is 3.84. The molecule has 0 N–H and O–H groups in total. The molecule has 0 saturated carbocycles. The van der Waals surface area contributed by atoms with Gasteiger partial charge in [-0.2, -0.15) is 0 Å². The van der Waals surface area contributed by atoms with E-state index in [1.54, 1.807) is 19.9 Å². The zero-order valence-corrected chi connectivity index (χ0v) is 11.3. The number of rotatable bonds is 2. The van der Waals surface area contributed by atoms with Crippen LogP contribution in [0.25, 0.3) is 0 Å². The summed E-state index contributed by atoms with van der Waals surface area (Å²) >= 11 is 0. The Morgan fingerprint density at radius 3 is 2.32 bits per heavy atom. The van der Waals surface area contributed by atoms with Gasteiger partial charge in [0.1, 0.15) is 11.5 Å². The van der Waals surface area contributed by atoms with Crippen LogP contribution in [-0.2, 0) is 28.6 Å². The number of fused-ring (bicyclic) bond motifs is 2. The predicted octanol–water partition coefficient (Wildman–Crippen LogP) is 0.456. The van der Waals surface area contributed by atoms with Gasteiger partial charge < -0.3 is 14.2 Å². The molecule has 1 fully saturated rings. The molecule has 6 nitrogen and oxygen atoms in total. The van der Waals surface area contributed by atoms with E-state index in [0.29, 0.717) is 5.57 Å². The SMILES string of the molecule is COC(=O)C1C(C(=O)OC)[C@@]2(C)C=C(C)[C@@H]1C(=O)O2. The van der Waals surface area contributed by atoms with Crippen LogP contribution in [-0.4, -0.2) is 37.7 Å². The van der Waals surface area contributed by atoms with E-state index in [9.17, 15) is 14.4 Å². The number of esters is 3. The van der Waals surface area contributed by atoms with Gasteiger partial charge >= 0.3 is 17.9 Å². The lowest BCUT2D eigenvalue weighted by atomic mass is 9.63. The number of carbonyl (C=O) groups is 3. The lowest BCUT2D eigenvalue weighted by molar-refractivity contribution is -0.199. The highest BCUT2D eigenvalue weighted by Crippen LogP contribution is 2.49. The molecular formula is C13H16O6. The minimum atomic E-state index is -1.16. The van der Waals surface area contributed by atoms with Gasteiger partial charge in [-0.15, -0.1) is 0 Å². The van der Waals surface area contributed by atoms with E-state index in [0.717, 1.165) is 0 Å². The molecule has 2 heterocycles. The van der Waals surface area contributed by atoms with E-state index in [2.05, 4.69) is 0 Å². The van der Waals surface area contributed by atoms with E-state index < -0.39 is 41.3 Å². The fraction of sp³-hybridized carbons (Fsp3) is 0.615. The molecule has 2 unspecified atom stereocenters. The van der Waals surface area contributed by atoms with E-state index in [1.807, 2.05) is 0 Å². The zero-order chi connectivity index (χ0) is 14.4. The third kappa shape index (κ3) is 1.82. The molecule has 1 saturated heterocycles. The van der Waals surface area contributed by atoms with Gasteiger partial charge in [0.05, 0.1) is 26.1 Å². The molecule has 2 aliphatic heterocycles. The maximum Gasteiger partial charge on any atom is 0.314 e. The first-order valence-corrected chi connectivity index (χ1v) is 5.93. The first kappa shape index (κ1) is 13.6. The molecule has 4 atom stereocenters.